The van der Waals surface area contributed by atoms with E-state index in [1.807, 2.05) is 29.2 Å². The zero-order valence-electron chi connectivity index (χ0n) is 17.3. The van der Waals surface area contributed by atoms with Gasteiger partial charge in [-0.2, -0.15) is 13.2 Å². The first-order valence-corrected chi connectivity index (χ1v) is 10.5. The van der Waals surface area contributed by atoms with Gasteiger partial charge in [0.1, 0.15) is 6.33 Å². The third-order valence-electron chi connectivity index (χ3n) is 5.85. The number of aromatic nitrogens is 2. The Bertz CT molecular complexity index is 1050. The van der Waals surface area contributed by atoms with Gasteiger partial charge >= 0.3 is 6.18 Å². The van der Waals surface area contributed by atoms with E-state index in [2.05, 4.69) is 9.97 Å². The summed E-state index contributed by atoms with van der Waals surface area (Å²) in [7, 11) is 0. The number of benzene rings is 2. The Labute approximate surface area is 183 Å². The summed E-state index contributed by atoms with van der Waals surface area (Å²) in [5.74, 6) is -0.300. The smallest absolute Gasteiger partial charge is 0.392 e. The van der Waals surface area contributed by atoms with E-state index in [0.29, 0.717) is 37.1 Å². The summed E-state index contributed by atoms with van der Waals surface area (Å²) < 4.78 is 53.9. The molecular formula is C24H23F4N3O. The van der Waals surface area contributed by atoms with Crippen molar-refractivity contribution in [3.63, 3.8) is 0 Å². The number of halogens is 4. The minimum atomic E-state index is -4.39. The van der Waals surface area contributed by atoms with E-state index in [0.717, 1.165) is 29.7 Å². The highest BCUT2D eigenvalue weighted by atomic mass is 19.4. The van der Waals surface area contributed by atoms with Crippen LogP contribution in [0.25, 0.3) is 0 Å². The van der Waals surface area contributed by atoms with Gasteiger partial charge in [0, 0.05) is 6.54 Å². The molecule has 1 N–H and O–H groups in total. The molecule has 0 amide bonds. The molecule has 3 aromatic rings. The van der Waals surface area contributed by atoms with Crippen LogP contribution < -0.4 is 4.90 Å². The molecule has 0 unspecified atom stereocenters. The molecular weight excluding hydrogens is 422 g/mol. The largest absolute Gasteiger partial charge is 0.416 e. The standard InChI is InChI=1S/C24H23F4N3O/c25-22-20(12-7-16-3-5-17(14-32)6-4-16)29-15-30-23(22)31-13-1-2-21(31)18-8-10-19(11-9-18)24(26,27)28/h3-6,8-11,15,21,32H,1-2,7,12-14H2/t21-/m1/s1. The molecule has 4 nitrogen and oxygen atoms in total. The summed E-state index contributed by atoms with van der Waals surface area (Å²) in [6, 6.07) is 12.3. The van der Waals surface area contributed by atoms with Crippen LogP contribution in [0.4, 0.5) is 23.4 Å². The number of nitrogens with zero attached hydrogens (tertiary/aromatic N) is 3. The maximum absolute atomic E-state index is 15.3. The van der Waals surface area contributed by atoms with Crippen LogP contribution in [0.1, 0.15) is 46.8 Å². The van der Waals surface area contributed by atoms with Crippen molar-refractivity contribution in [2.75, 3.05) is 11.4 Å². The van der Waals surface area contributed by atoms with Gasteiger partial charge in [-0.1, -0.05) is 36.4 Å². The third-order valence-corrected chi connectivity index (χ3v) is 5.85. The third kappa shape index (κ3) is 4.75. The van der Waals surface area contributed by atoms with Crippen LogP contribution in [0.3, 0.4) is 0 Å². The average Bonchev–Trinajstić information content (AvgIpc) is 3.28. The molecule has 2 heterocycles. The first-order valence-electron chi connectivity index (χ1n) is 10.5. The van der Waals surface area contributed by atoms with Gasteiger partial charge in [-0.25, -0.2) is 14.4 Å². The summed E-state index contributed by atoms with van der Waals surface area (Å²) in [6.07, 6.45) is -0.576. The van der Waals surface area contributed by atoms with Crippen LogP contribution >= 0.6 is 0 Å². The molecule has 4 rings (SSSR count). The Morgan fingerprint density at radius 2 is 1.62 bits per heavy atom. The van der Waals surface area contributed by atoms with Crippen LogP contribution in [0, 0.1) is 5.82 Å². The molecule has 1 atom stereocenters. The lowest BCUT2D eigenvalue weighted by Gasteiger charge is -2.27. The minimum absolute atomic E-state index is 0.0277. The molecule has 0 aliphatic carbocycles. The molecule has 168 valence electrons. The lowest BCUT2D eigenvalue weighted by molar-refractivity contribution is -0.137. The van der Waals surface area contributed by atoms with E-state index in [-0.39, 0.29) is 18.5 Å². The maximum Gasteiger partial charge on any atom is 0.416 e. The number of aliphatic hydroxyl groups excluding tert-OH is 1. The van der Waals surface area contributed by atoms with Crippen molar-refractivity contribution in [3.05, 3.63) is 88.6 Å². The molecule has 0 radical (unpaired) electrons. The average molecular weight is 445 g/mol. The molecule has 1 aromatic heterocycles. The molecule has 1 saturated heterocycles. The molecule has 1 fully saturated rings. The van der Waals surface area contributed by atoms with Gasteiger partial charge < -0.3 is 10.0 Å². The van der Waals surface area contributed by atoms with Crippen LogP contribution in [-0.2, 0) is 25.6 Å². The van der Waals surface area contributed by atoms with Crippen molar-refractivity contribution in [2.45, 2.75) is 44.5 Å². The summed E-state index contributed by atoms with van der Waals surface area (Å²) in [4.78, 5) is 10.1. The number of rotatable bonds is 6. The molecule has 1 aliphatic rings. The van der Waals surface area contributed by atoms with Crippen LogP contribution in [0.15, 0.2) is 54.9 Å². The van der Waals surface area contributed by atoms with Gasteiger partial charge in [0.15, 0.2) is 11.6 Å². The zero-order chi connectivity index (χ0) is 22.7. The Balaban J connectivity index is 1.52. The Hall–Kier alpha value is -3.00. The number of aliphatic hydroxyl groups is 1. The van der Waals surface area contributed by atoms with Gasteiger partial charge in [0.05, 0.1) is 23.9 Å². The van der Waals surface area contributed by atoms with Crippen molar-refractivity contribution in [1.29, 1.82) is 0 Å². The van der Waals surface area contributed by atoms with Gasteiger partial charge in [0.25, 0.3) is 0 Å². The lowest BCUT2D eigenvalue weighted by Crippen LogP contribution is -2.25. The van der Waals surface area contributed by atoms with E-state index >= 15 is 4.39 Å². The fourth-order valence-electron chi connectivity index (χ4n) is 4.11. The van der Waals surface area contributed by atoms with Crippen molar-refractivity contribution in [1.82, 2.24) is 9.97 Å². The summed E-state index contributed by atoms with van der Waals surface area (Å²) in [5.41, 5.74) is 2.13. The van der Waals surface area contributed by atoms with Gasteiger partial charge in [-0.05, 0) is 54.5 Å². The first kappa shape index (κ1) is 22.2. The van der Waals surface area contributed by atoms with E-state index < -0.39 is 17.6 Å². The second-order valence-corrected chi connectivity index (χ2v) is 7.90. The van der Waals surface area contributed by atoms with Gasteiger partial charge in [0.2, 0.25) is 0 Å². The highest BCUT2D eigenvalue weighted by molar-refractivity contribution is 5.46. The van der Waals surface area contributed by atoms with Crippen LogP contribution in [0.5, 0.6) is 0 Å². The molecule has 2 aromatic carbocycles. The molecule has 1 aliphatic heterocycles. The second-order valence-electron chi connectivity index (χ2n) is 7.90. The second kappa shape index (κ2) is 9.24. The fourth-order valence-corrected chi connectivity index (χ4v) is 4.11. The van der Waals surface area contributed by atoms with Crippen LogP contribution in [-0.4, -0.2) is 21.6 Å². The molecule has 0 saturated carbocycles. The number of alkyl halides is 3. The van der Waals surface area contributed by atoms with Crippen molar-refractivity contribution in [3.8, 4) is 0 Å². The molecule has 0 bridgehead atoms. The number of hydrogen-bond donors (Lipinski definition) is 1. The summed E-state index contributed by atoms with van der Waals surface area (Å²) in [5, 5.41) is 9.14. The quantitative estimate of drug-likeness (QED) is 0.527. The van der Waals surface area contributed by atoms with Crippen LogP contribution in [0.2, 0.25) is 0 Å². The Kier molecular flexibility index (Phi) is 6.41. The number of aryl methyl sites for hydroxylation is 2. The van der Waals surface area contributed by atoms with Crippen molar-refractivity contribution >= 4 is 5.82 Å². The highest BCUT2D eigenvalue weighted by Gasteiger charge is 2.33. The fraction of sp³-hybridized carbons (Fsp3) is 0.333. The monoisotopic (exact) mass is 445 g/mol. The minimum Gasteiger partial charge on any atom is -0.392 e. The summed E-state index contributed by atoms with van der Waals surface area (Å²) in [6.45, 7) is 0.543. The SMILES string of the molecule is OCc1ccc(CCc2ncnc(N3CCC[C@@H]3c3ccc(C(F)(F)F)cc3)c2F)cc1. The first-order chi connectivity index (χ1) is 15.4. The van der Waals surface area contributed by atoms with Gasteiger partial charge in [-0.3, -0.25) is 0 Å². The molecule has 8 heteroatoms. The maximum atomic E-state index is 15.3. The van der Waals surface area contributed by atoms with Crippen molar-refractivity contribution in [2.24, 2.45) is 0 Å². The molecule has 32 heavy (non-hydrogen) atoms. The van der Waals surface area contributed by atoms with Gasteiger partial charge in [-0.15, -0.1) is 0 Å². The normalized spacial score (nSPS) is 16.5. The summed E-state index contributed by atoms with van der Waals surface area (Å²) >= 11 is 0. The van der Waals surface area contributed by atoms with E-state index in [4.69, 9.17) is 5.11 Å². The predicted octanol–water partition coefficient (Wildman–Crippen LogP) is 5.25. The van der Waals surface area contributed by atoms with E-state index in [9.17, 15) is 13.2 Å². The lowest BCUT2D eigenvalue weighted by atomic mass is 10.0. The number of hydrogen-bond acceptors (Lipinski definition) is 4. The Morgan fingerprint density at radius 3 is 2.28 bits per heavy atom. The van der Waals surface area contributed by atoms with E-state index in [1.165, 1.54) is 18.5 Å². The molecule has 0 spiro atoms. The van der Waals surface area contributed by atoms with E-state index in [1.54, 1.807) is 0 Å². The topological polar surface area (TPSA) is 49.3 Å². The van der Waals surface area contributed by atoms with Crippen molar-refractivity contribution < 1.29 is 22.7 Å². The highest BCUT2D eigenvalue weighted by Crippen LogP contribution is 2.38. The number of anilines is 1. The Morgan fingerprint density at radius 1 is 0.938 bits per heavy atom. The predicted molar refractivity (Wildman–Crippen MR) is 113 cm³/mol. The zero-order valence-corrected chi connectivity index (χ0v) is 17.3.